The Morgan fingerprint density at radius 3 is 2.52 bits per heavy atom. The van der Waals surface area contributed by atoms with Gasteiger partial charge in [-0.3, -0.25) is 14.5 Å². The van der Waals surface area contributed by atoms with E-state index in [2.05, 4.69) is 11.4 Å². The highest BCUT2D eigenvalue weighted by atomic mass is 16.2. The van der Waals surface area contributed by atoms with Gasteiger partial charge in [-0.15, -0.1) is 0 Å². The summed E-state index contributed by atoms with van der Waals surface area (Å²) in [5.41, 5.74) is 1.00. The molecule has 0 radical (unpaired) electrons. The molecule has 1 aliphatic carbocycles. The Kier molecular flexibility index (Phi) is 4.58. The molecule has 1 aromatic rings. The minimum Gasteiger partial charge on any atom is -0.340 e. The van der Waals surface area contributed by atoms with E-state index < -0.39 is 0 Å². The average molecular weight is 312 g/mol. The van der Waals surface area contributed by atoms with Crippen LogP contribution in [0.15, 0.2) is 24.3 Å². The fourth-order valence-corrected chi connectivity index (χ4v) is 2.80. The van der Waals surface area contributed by atoms with Crippen LogP contribution in [0.4, 0.5) is 5.69 Å². The first-order valence-electron chi connectivity index (χ1n) is 7.97. The number of hydrogen-bond acceptors (Lipinski definition) is 4. The summed E-state index contributed by atoms with van der Waals surface area (Å²) in [5.74, 6) is 0.402. The van der Waals surface area contributed by atoms with Crippen molar-refractivity contribution < 1.29 is 9.59 Å². The van der Waals surface area contributed by atoms with Gasteiger partial charge in [-0.2, -0.15) is 5.26 Å². The van der Waals surface area contributed by atoms with Crippen LogP contribution >= 0.6 is 0 Å². The van der Waals surface area contributed by atoms with Crippen LogP contribution in [0.5, 0.6) is 0 Å². The van der Waals surface area contributed by atoms with Crippen molar-refractivity contribution in [2.45, 2.75) is 12.8 Å². The third-order valence-corrected chi connectivity index (χ3v) is 4.30. The zero-order valence-corrected chi connectivity index (χ0v) is 13.0. The molecule has 2 aliphatic rings. The van der Waals surface area contributed by atoms with Gasteiger partial charge in [0.05, 0.1) is 17.8 Å². The van der Waals surface area contributed by atoms with E-state index in [1.54, 1.807) is 24.3 Å². The molecular formula is C17H20N4O2. The first-order valence-corrected chi connectivity index (χ1v) is 7.97. The number of anilines is 1. The van der Waals surface area contributed by atoms with Crippen molar-refractivity contribution in [1.82, 2.24) is 9.80 Å². The highest BCUT2D eigenvalue weighted by molar-refractivity contribution is 5.93. The summed E-state index contributed by atoms with van der Waals surface area (Å²) in [6, 6.07) is 9.03. The molecule has 1 saturated carbocycles. The molecule has 3 rings (SSSR count). The van der Waals surface area contributed by atoms with Crippen LogP contribution in [0, 0.1) is 17.2 Å². The fraction of sp³-hybridized carbons (Fsp3) is 0.471. The SMILES string of the molecule is N#Cc1ccccc1NC(=O)CN1CCN(C(=O)C2CC2)CC1. The number of benzene rings is 1. The predicted molar refractivity (Wildman–Crippen MR) is 85.5 cm³/mol. The van der Waals surface area contributed by atoms with Crippen molar-refractivity contribution in [3.63, 3.8) is 0 Å². The normalized spacial score (nSPS) is 18.3. The number of rotatable bonds is 4. The molecular weight excluding hydrogens is 292 g/mol. The lowest BCUT2D eigenvalue weighted by atomic mass is 10.2. The molecule has 120 valence electrons. The van der Waals surface area contributed by atoms with E-state index in [9.17, 15) is 9.59 Å². The van der Waals surface area contributed by atoms with Crippen molar-refractivity contribution in [2.75, 3.05) is 38.0 Å². The van der Waals surface area contributed by atoms with E-state index in [4.69, 9.17) is 5.26 Å². The minimum atomic E-state index is -0.130. The first-order chi connectivity index (χ1) is 11.2. The van der Waals surface area contributed by atoms with Crippen LogP contribution in [-0.4, -0.2) is 54.3 Å². The molecule has 1 saturated heterocycles. The number of nitriles is 1. The topological polar surface area (TPSA) is 76.4 Å². The fourth-order valence-electron chi connectivity index (χ4n) is 2.80. The number of piperazine rings is 1. The van der Waals surface area contributed by atoms with Crippen LogP contribution in [0.1, 0.15) is 18.4 Å². The monoisotopic (exact) mass is 312 g/mol. The molecule has 0 atom stereocenters. The molecule has 0 bridgehead atoms. The number of hydrogen-bond donors (Lipinski definition) is 1. The molecule has 23 heavy (non-hydrogen) atoms. The second-order valence-electron chi connectivity index (χ2n) is 6.08. The van der Waals surface area contributed by atoms with E-state index in [-0.39, 0.29) is 24.3 Å². The summed E-state index contributed by atoms with van der Waals surface area (Å²) in [5, 5.41) is 11.8. The van der Waals surface area contributed by atoms with E-state index in [1.165, 1.54) is 0 Å². The summed E-state index contributed by atoms with van der Waals surface area (Å²) in [6.07, 6.45) is 2.06. The highest BCUT2D eigenvalue weighted by Crippen LogP contribution is 2.31. The lowest BCUT2D eigenvalue weighted by Gasteiger charge is -2.34. The van der Waals surface area contributed by atoms with E-state index >= 15 is 0 Å². The summed E-state index contributed by atoms with van der Waals surface area (Å²) >= 11 is 0. The Morgan fingerprint density at radius 1 is 1.17 bits per heavy atom. The Balaban J connectivity index is 1.47. The smallest absolute Gasteiger partial charge is 0.238 e. The maximum atomic E-state index is 12.1. The van der Waals surface area contributed by atoms with E-state index in [1.807, 2.05) is 9.80 Å². The van der Waals surface area contributed by atoms with Gasteiger partial charge in [0.15, 0.2) is 0 Å². The lowest BCUT2D eigenvalue weighted by Crippen LogP contribution is -2.50. The van der Waals surface area contributed by atoms with Crippen molar-refractivity contribution in [2.24, 2.45) is 5.92 Å². The molecule has 6 heteroatoms. The molecule has 1 heterocycles. The van der Waals surface area contributed by atoms with Crippen molar-refractivity contribution in [1.29, 1.82) is 5.26 Å². The van der Waals surface area contributed by atoms with Crippen LogP contribution in [-0.2, 0) is 9.59 Å². The Hall–Kier alpha value is -2.39. The van der Waals surface area contributed by atoms with Crippen LogP contribution in [0.2, 0.25) is 0 Å². The van der Waals surface area contributed by atoms with Gasteiger partial charge in [0.1, 0.15) is 6.07 Å². The average Bonchev–Trinajstić information content (AvgIpc) is 3.40. The second kappa shape index (κ2) is 6.80. The second-order valence-corrected chi connectivity index (χ2v) is 6.08. The molecule has 6 nitrogen and oxygen atoms in total. The van der Waals surface area contributed by atoms with Crippen molar-refractivity contribution in [3.8, 4) is 6.07 Å². The van der Waals surface area contributed by atoms with Gasteiger partial charge in [-0.1, -0.05) is 12.1 Å². The largest absolute Gasteiger partial charge is 0.340 e. The maximum absolute atomic E-state index is 12.1. The molecule has 0 spiro atoms. The maximum Gasteiger partial charge on any atom is 0.238 e. The van der Waals surface area contributed by atoms with Gasteiger partial charge in [-0.25, -0.2) is 0 Å². The van der Waals surface area contributed by atoms with Crippen molar-refractivity contribution in [3.05, 3.63) is 29.8 Å². The van der Waals surface area contributed by atoms with Crippen LogP contribution in [0.25, 0.3) is 0 Å². The van der Waals surface area contributed by atoms with Gasteiger partial charge in [-0.05, 0) is 25.0 Å². The quantitative estimate of drug-likeness (QED) is 0.901. The van der Waals surface area contributed by atoms with Gasteiger partial charge < -0.3 is 10.2 Å². The Bertz CT molecular complexity index is 640. The number of carbonyl (C=O) groups is 2. The third-order valence-electron chi connectivity index (χ3n) is 4.30. The van der Waals surface area contributed by atoms with E-state index in [0.717, 1.165) is 12.8 Å². The molecule has 0 aromatic heterocycles. The van der Waals surface area contributed by atoms with Crippen molar-refractivity contribution >= 4 is 17.5 Å². The number of nitrogens with one attached hydrogen (secondary N) is 1. The zero-order chi connectivity index (χ0) is 16.2. The molecule has 0 unspecified atom stereocenters. The minimum absolute atomic E-state index is 0.130. The van der Waals surface area contributed by atoms with Gasteiger partial charge in [0.25, 0.3) is 0 Å². The Morgan fingerprint density at radius 2 is 1.87 bits per heavy atom. The molecule has 2 fully saturated rings. The number of para-hydroxylation sites is 1. The number of carbonyl (C=O) groups excluding carboxylic acids is 2. The Labute approximate surface area is 135 Å². The zero-order valence-electron chi connectivity index (χ0n) is 13.0. The highest BCUT2D eigenvalue weighted by Gasteiger charge is 2.34. The standard InChI is InChI=1S/C17H20N4O2/c18-11-14-3-1-2-4-15(14)19-16(22)12-20-7-9-21(10-8-20)17(23)13-5-6-13/h1-4,13H,5-10,12H2,(H,19,22). The molecule has 1 aliphatic heterocycles. The predicted octanol–water partition coefficient (Wildman–Crippen LogP) is 1.05. The van der Waals surface area contributed by atoms with Gasteiger partial charge >= 0.3 is 0 Å². The summed E-state index contributed by atoms with van der Waals surface area (Å²) in [7, 11) is 0. The number of amides is 2. The summed E-state index contributed by atoms with van der Waals surface area (Å²) in [6.45, 7) is 3.09. The van der Waals surface area contributed by atoms with E-state index in [0.29, 0.717) is 37.4 Å². The molecule has 2 amide bonds. The third kappa shape index (κ3) is 3.88. The summed E-state index contributed by atoms with van der Waals surface area (Å²) in [4.78, 5) is 28.1. The first kappa shape index (κ1) is 15.5. The van der Waals surface area contributed by atoms with Gasteiger partial charge in [0.2, 0.25) is 11.8 Å². The van der Waals surface area contributed by atoms with Crippen LogP contribution < -0.4 is 5.32 Å². The van der Waals surface area contributed by atoms with Crippen LogP contribution in [0.3, 0.4) is 0 Å². The molecule has 1 N–H and O–H groups in total. The summed E-state index contributed by atoms with van der Waals surface area (Å²) < 4.78 is 0. The molecule has 1 aromatic carbocycles. The lowest BCUT2D eigenvalue weighted by molar-refractivity contribution is -0.134. The van der Waals surface area contributed by atoms with Gasteiger partial charge in [0, 0.05) is 32.1 Å². The number of nitrogens with zero attached hydrogens (tertiary/aromatic N) is 3.